The van der Waals surface area contributed by atoms with E-state index in [9.17, 15) is 9.59 Å². The van der Waals surface area contributed by atoms with Crippen molar-refractivity contribution in [2.45, 2.75) is 12.8 Å². The van der Waals surface area contributed by atoms with Gasteiger partial charge in [-0.2, -0.15) is 0 Å². The summed E-state index contributed by atoms with van der Waals surface area (Å²) < 4.78 is 0. The van der Waals surface area contributed by atoms with Gasteiger partial charge in [0, 0.05) is 13.1 Å². The van der Waals surface area contributed by atoms with Crippen LogP contribution in [0.15, 0.2) is 0 Å². The van der Waals surface area contributed by atoms with Crippen molar-refractivity contribution in [2.75, 3.05) is 19.6 Å². The summed E-state index contributed by atoms with van der Waals surface area (Å²) >= 11 is 0. The number of carbonyl (C=O) groups is 2. The predicted molar refractivity (Wildman–Crippen MR) is 50.7 cm³/mol. The summed E-state index contributed by atoms with van der Waals surface area (Å²) in [5, 5.41) is 0. The number of nitrogens with two attached hydrogens (primary N) is 2. The zero-order chi connectivity index (χ0) is 10.6. The second kappa shape index (κ2) is 4.92. The van der Waals surface area contributed by atoms with Gasteiger partial charge in [0.25, 0.3) is 0 Å². The summed E-state index contributed by atoms with van der Waals surface area (Å²) in [7, 11) is 0. The standard InChI is InChI=1S/C8H16N4O2/c9-4-7(13)12-3-1-2-6(5-12)8(14)11-10/h6H,1-5,9-10H2,(H,11,14). The molecule has 2 amide bonds. The number of piperidine rings is 1. The van der Waals surface area contributed by atoms with E-state index in [2.05, 4.69) is 5.43 Å². The fraction of sp³-hybridized carbons (Fsp3) is 0.750. The molecule has 0 aromatic heterocycles. The maximum atomic E-state index is 11.3. The lowest BCUT2D eigenvalue weighted by molar-refractivity contribution is -0.134. The lowest BCUT2D eigenvalue weighted by Gasteiger charge is -2.31. The van der Waals surface area contributed by atoms with E-state index in [1.54, 1.807) is 4.90 Å². The Kier molecular flexibility index (Phi) is 3.84. The highest BCUT2D eigenvalue weighted by Gasteiger charge is 2.27. The number of carbonyl (C=O) groups excluding carboxylic acids is 2. The summed E-state index contributed by atoms with van der Waals surface area (Å²) in [6.07, 6.45) is 1.60. The zero-order valence-electron chi connectivity index (χ0n) is 8.03. The smallest absolute Gasteiger partial charge is 0.238 e. The largest absolute Gasteiger partial charge is 0.341 e. The Morgan fingerprint density at radius 3 is 2.79 bits per heavy atom. The Morgan fingerprint density at radius 1 is 1.50 bits per heavy atom. The number of likely N-dealkylation sites (tertiary alicyclic amines) is 1. The third-order valence-corrected chi connectivity index (χ3v) is 2.46. The molecule has 0 radical (unpaired) electrons. The molecule has 14 heavy (non-hydrogen) atoms. The average Bonchev–Trinajstić information content (AvgIpc) is 2.27. The van der Waals surface area contributed by atoms with Crippen LogP contribution in [0.25, 0.3) is 0 Å². The first-order valence-electron chi connectivity index (χ1n) is 4.67. The van der Waals surface area contributed by atoms with Crippen molar-refractivity contribution in [2.24, 2.45) is 17.5 Å². The molecule has 0 aromatic carbocycles. The molecule has 0 bridgehead atoms. The molecule has 0 aromatic rings. The van der Waals surface area contributed by atoms with E-state index < -0.39 is 0 Å². The van der Waals surface area contributed by atoms with Crippen LogP contribution >= 0.6 is 0 Å². The first-order chi connectivity index (χ1) is 6.69. The van der Waals surface area contributed by atoms with Crippen molar-refractivity contribution in [3.8, 4) is 0 Å². The molecular weight excluding hydrogens is 184 g/mol. The van der Waals surface area contributed by atoms with Crippen LogP contribution in [0.3, 0.4) is 0 Å². The summed E-state index contributed by atoms with van der Waals surface area (Å²) in [5.41, 5.74) is 7.34. The number of nitrogens with one attached hydrogen (secondary N) is 1. The van der Waals surface area contributed by atoms with E-state index in [0.29, 0.717) is 13.1 Å². The van der Waals surface area contributed by atoms with Crippen LogP contribution in [0.2, 0.25) is 0 Å². The Morgan fingerprint density at radius 2 is 2.21 bits per heavy atom. The second-order valence-corrected chi connectivity index (χ2v) is 3.39. The fourth-order valence-electron chi connectivity index (χ4n) is 1.66. The lowest BCUT2D eigenvalue weighted by atomic mass is 9.97. The van der Waals surface area contributed by atoms with Gasteiger partial charge in [0.15, 0.2) is 0 Å². The first kappa shape index (κ1) is 10.9. The van der Waals surface area contributed by atoms with Crippen LogP contribution in [-0.4, -0.2) is 36.3 Å². The molecule has 1 saturated heterocycles. The van der Waals surface area contributed by atoms with E-state index >= 15 is 0 Å². The van der Waals surface area contributed by atoms with E-state index in [4.69, 9.17) is 11.6 Å². The van der Waals surface area contributed by atoms with Crippen LogP contribution in [0.4, 0.5) is 0 Å². The van der Waals surface area contributed by atoms with Crippen molar-refractivity contribution in [3.05, 3.63) is 0 Å². The maximum Gasteiger partial charge on any atom is 0.238 e. The molecule has 1 aliphatic rings. The highest BCUT2D eigenvalue weighted by atomic mass is 16.2. The van der Waals surface area contributed by atoms with Gasteiger partial charge < -0.3 is 10.6 Å². The van der Waals surface area contributed by atoms with Gasteiger partial charge >= 0.3 is 0 Å². The van der Waals surface area contributed by atoms with Gasteiger partial charge in [-0.3, -0.25) is 15.0 Å². The van der Waals surface area contributed by atoms with Gasteiger partial charge in [-0.15, -0.1) is 0 Å². The minimum absolute atomic E-state index is 0.00301. The van der Waals surface area contributed by atoms with Crippen LogP contribution < -0.4 is 17.0 Å². The van der Waals surface area contributed by atoms with Crippen LogP contribution in [0, 0.1) is 5.92 Å². The zero-order valence-corrected chi connectivity index (χ0v) is 8.03. The Balaban J connectivity index is 2.51. The SMILES string of the molecule is NCC(=O)N1CCCC(C(=O)NN)C1. The van der Waals surface area contributed by atoms with Crippen LogP contribution in [-0.2, 0) is 9.59 Å². The van der Waals surface area contributed by atoms with Crippen molar-refractivity contribution < 1.29 is 9.59 Å². The Bertz CT molecular complexity index is 209. The number of hydrogen-bond donors (Lipinski definition) is 3. The highest BCUT2D eigenvalue weighted by molar-refractivity contribution is 5.81. The molecule has 6 heteroatoms. The third-order valence-electron chi connectivity index (χ3n) is 2.46. The number of hydrazine groups is 1. The molecule has 0 saturated carbocycles. The average molecular weight is 200 g/mol. The minimum Gasteiger partial charge on any atom is -0.341 e. The summed E-state index contributed by atoms with van der Waals surface area (Å²) in [5.74, 6) is 4.52. The molecule has 1 heterocycles. The van der Waals surface area contributed by atoms with Crippen molar-refractivity contribution >= 4 is 11.8 Å². The quantitative estimate of drug-likeness (QED) is 0.277. The lowest BCUT2D eigenvalue weighted by Crippen LogP contribution is -2.48. The fourth-order valence-corrected chi connectivity index (χ4v) is 1.66. The van der Waals surface area contributed by atoms with Crippen LogP contribution in [0.5, 0.6) is 0 Å². The molecule has 80 valence electrons. The maximum absolute atomic E-state index is 11.3. The summed E-state index contributed by atoms with van der Waals surface area (Å²) in [6.45, 7) is 1.11. The number of hydrogen-bond acceptors (Lipinski definition) is 4. The molecule has 1 aliphatic heterocycles. The molecule has 1 rings (SSSR count). The normalized spacial score (nSPS) is 21.9. The summed E-state index contributed by atoms with van der Waals surface area (Å²) in [4.78, 5) is 24.1. The molecule has 0 aliphatic carbocycles. The number of nitrogens with zero attached hydrogens (tertiary/aromatic N) is 1. The highest BCUT2D eigenvalue weighted by Crippen LogP contribution is 2.16. The van der Waals surface area contributed by atoms with Crippen molar-refractivity contribution in [1.29, 1.82) is 0 Å². The van der Waals surface area contributed by atoms with Crippen molar-refractivity contribution in [3.63, 3.8) is 0 Å². The van der Waals surface area contributed by atoms with Gasteiger partial charge in [0.1, 0.15) is 0 Å². The van der Waals surface area contributed by atoms with Gasteiger partial charge in [-0.1, -0.05) is 0 Å². The van der Waals surface area contributed by atoms with Crippen LogP contribution in [0.1, 0.15) is 12.8 Å². The van der Waals surface area contributed by atoms with Gasteiger partial charge in [-0.05, 0) is 12.8 Å². The van der Waals surface area contributed by atoms with Gasteiger partial charge in [0.2, 0.25) is 11.8 Å². The second-order valence-electron chi connectivity index (χ2n) is 3.39. The molecular formula is C8H16N4O2. The number of rotatable bonds is 2. The van der Waals surface area contributed by atoms with Gasteiger partial charge in [-0.25, -0.2) is 5.84 Å². The molecule has 1 atom stereocenters. The van der Waals surface area contributed by atoms with E-state index in [1.165, 1.54) is 0 Å². The van der Waals surface area contributed by atoms with Crippen molar-refractivity contribution in [1.82, 2.24) is 10.3 Å². The minimum atomic E-state index is -0.209. The molecule has 1 fully saturated rings. The molecule has 1 unspecified atom stereocenters. The summed E-state index contributed by atoms with van der Waals surface area (Å²) in [6, 6.07) is 0. The Labute approximate surface area is 82.6 Å². The monoisotopic (exact) mass is 200 g/mol. The topological polar surface area (TPSA) is 101 Å². The predicted octanol–water partition coefficient (Wildman–Crippen LogP) is -1.83. The first-order valence-corrected chi connectivity index (χ1v) is 4.67. The molecule has 5 N–H and O–H groups in total. The van der Waals surface area contributed by atoms with Gasteiger partial charge in [0.05, 0.1) is 12.5 Å². The molecule has 6 nitrogen and oxygen atoms in total. The third kappa shape index (κ3) is 2.43. The van der Waals surface area contributed by atoms with E-state index in [-0.39, 0.29) is 24.3 Å². The van der Waals surface area contributed by atoms with E-state index in [1.807, 2.05) is 0 Å². The van der Waals surface area contributed by atoms with E-state index in [0.717, 1.165) is 12.8 Å². The Hall–Kier alpha value is -1.14. The number of amides is 2. The molecule has 0 spiro atoms.